The Morgan fingerprint density at radius 1 is 1.50 bits per heavy atom. The molecule has 0 unspecified atom stereocenters. The summed E-state index contributed by atoms with van der Waals surface area (Å²) in [5.41, 5.74) is 5.49. The Morgan fingerprint density at radius 2 is 2.25 bits per heavy atom. The highest BCUT2D eigenvalue weighted by atomic mass is 35.5. The molecule has 2 aromatic rings. The lowest BCUT2D eigenvalue weighted by Crippen LogP contribution is -2.01. The van der Waals surface area contributed by atoms with E-state index in [9.17, 15) is 9.50 Å². The number of rotatable bonds is 2. The van der Waals surface area contributed by atoms with E-state index in [2.05, 4.69) is 4.98 Å². The maximum absolute atomic E-state index is 13.5. The first-order chi connectivity index (χ1) is 7.59. The third kappa shape index (κ3) is 2.02. The minimum atomic E-state index is -1.14. The lowest BCUT2D eigenvalue weighted by Gasteiger charge is -2.11. The molecule has 0 aliphatic heterocycles. The van der Waals surface area contributed by atoms with Crippen molar-refractivity contribution in [2.75, 3.05) is 5.73 Å². The van der Waals surface area contributed by atoms with E-state index in [4.69, 9.17) is 17.3 Å². The number of aliphatic hydroxyl groups is 1. The van der Waals surface area contributed by atoms with E-state index in [1.165, 1.54) is 24.4 Å². The van der Waals surface area contributed by atoms with Crippen molar-refractivity contribution >= 4 is 28.1 Å². The van der Waals surface area contributed by atoms with Gasteiger partial charge in [-0.25, -0.2) is 9.37 Å². The van der Waals surface area contributed by atoms with Crippen LogP contribution < -0.4 is 5.73 Å². The number of hydrogen-bond acceptors (Lipinski definition) is 4. The molecule has 0 saturated carbocycles. The van der Waals surface area contributed by atoms with E-state index in [0.717, 1.165) is 11.3 Å². The predicted molar refractivity (Wildman–Crippen MR) is 62.0 cm³/mol. The molecule has 84 valence electrons. The first kappa shape index (κ1) is 11.3. The predicted octanol–water partition coefficient (Wildman–Crippen LogP) is 2.60. The highest BCUT2D eigenvalue weighted by Crippen LogP contribution is 2.33. The van der Waals surface area contributed by atoms with Gasteiger partial charge in [0.05, 0.1) is 4.88 Å². The van der Waals surface area contributed by atoms with E-state index in [1.807, 2.05) is 0 Å². The number of nitrogens with two attached hydrogens (primary N) is 1. The zero-order valence-corrected chi connectivity index (χ0v) is 9.60. The van der Waals surface area contributed by atoms with Gasteiger partial charge < -0.3 is 10.8 Å². The Balaban J connectivity index is 2.45. The molecule has 0 aliphatic carbocycles. The van der Waals surface area contributed by atoms with Crippen LogP contribution in [0.5, 0.6) is 0 Å². The maximum Gasteiger partial charge on any atom is 0.180 e. The molecule has 3 nitrogen and oxygen atoms in total. The summed E-state index contributed by atoms with van der Waals surface area (Å²) in [6.45, 7) is 0. The van der Waals surface area contributed by atoms with Gasteiger partial charge in [-0.2, -0.15) is 0 Å². The highest BCUT2D eigenvalue weighted by Gasteiger charge is 2.20. The van der Waals surface area contributed by atoms with Crippen LogP contribution in [0.4, 0.5) is 9.52 Å². The van der Waals surface area contributed by atoms with Gasteiger partial charge in [0.15, 0.2) is 5.13 Å². The number of benzene rings is 1. The molecule has 6 heteroatoms. The van der Waals surface area contributed by atoms with Gasteiger partial charge in [-0.1, -0.05) is 29.0 Å². The summed E-state index contributed by atoms with van der Waals surface area (Å²) in [6, 6.07) is 4.25. The van der Waals surface area contributed by atoms with Gasteiger partial charge in [0, 0.05) is 16.8 Å². The van der Waals surface area contributed by atoms with E-state index in [1.54, 1.807) is 0 Å². The molecular formula is C10H8ClFN2OS. The fourth-order valence-corrected chi connectivity index (χ4v) is 2.29. The molecule has 0 aliphatic rings. The van der Waals surface area contributed by atoms with Crippen LogP contribution in [0.2, 0.25) is 5.02 Å². The van der Waals surface area contributed by atoms with Crippen LogP contribution in [-0.4, -0.2) is 10.1 Å². The molecule has 1 heterocycles. The lowest BCUT2D eigenvalue weighted by atomic mass is 10.1. The second-order valence-corrected chi connectivity index (χ2v) is 4.64. The van der Waals surface area contributed by atoms with Crippen molar-refractivity contribution in [3.05, 3.63) is 45.7 Å². The Kier molecular flexibility index (Phi) is 3.09. The maximum atomic E-state index is 13.5. The van der Waals surface area contributed by atoms with Crippen molar-refractivity contribution in [2.45, 2.75) is 6.10 Å². The van der Waals surface area contributed by atoms with E-state index >= 15 is 0 Å². The van der Waals surface area contributed by atoms with Crippen molar-refractivity contribution < 1.29 is 9.50 Å². The first-order valence-corrected chi connectivity index (χ1v) is 5.62. The fraction of sp³-hybridized carbons (Fsp3) is 0.100. The molecule has 0 spiro atoms. The second-order valence-electron chi connectivity index (χ2n) is 3.14. The summed E-state index contributed by atoms with van der Waals surface area (Å²) in [6.07, 6.45) is 0.275. The molecule has 2 rings (SSSR count). The SMILES string of the molecule is Nc1ncc([C@H](O)c2c(F)cccc2Cl)s1. The standard InChI is InChI=1S/C10H8ClFN2OS/c11-5-2-1-3-6(12)8(5)9(15)7-4-14-10(13)16-7/h1-4,9,15H,(H2,13,14)/t9-/m0/s1. The quantitative estimate of drug-likeness (QED) is 0.871. The summed E-state index contributed by atoms with van der Waals surface area (Å²) in [7, 11) is 0. The van der Waals surface area contributed by atoms with Crippen LogP contribution in [0.25, 0.3) is 0 Å². The number of hydrogen-bond donors (Lipinski definition) is 2. The molecule has 16 heavy (non-hydrogen) atoms. The fourth-order valence-electron chi connectivity index (χ4n) is 1.34. The average molecular weight is 259 g/mol. The van der Waals surface area contributed by atoms with Crippen LogP contribution in [-0.2, 0) is 0 Å². The molecule has 0 amide bonds. The largest absolute Gasteiger partial charge is 0.383 e. The number of nitrogen functional groups attached to an aromatic ring is 1. The van der Waals surface area contributed by atoms with Gasteiger partial charge in [-0.05, 0) is 12.1 Å². The smallest absolute Gasteiger partial charge is 0.180 e. The third-order valence-electron chi connectivity index (χ3n) is 2.08. The molecule has 0 fully saturated rings. The van der Waals surface area contributed by atoms with Crippen LogP contribution >= 0.6 is 22.9 Å². The average Bonchev–Trinajstić information content (AvgIpc) is 2.64. The number of aromatic nitrogens is 1. The van der Waals surface area contributed by atoms with Crippen molar-refractivity contribution in [3.8, 4) is 0 Å². The Hall–Kier alpha value is -1.17. The highest BCUT2D eigenvalue weighted by molar-refractivity contribution is 7.15. The zero-order valence-electron chi connectivity index (χ0n) is 8.02. The first-order valence-electron chi connectivity index (χ1n) is 4.42. The van der Waals surface area contributed by atoms with Gasteiger partial charge in [-0.3, -0.25) is 0 Å². The van der Waals surface area contributed by atoms with Crippen LogP contribution in [0, 0.1) is 5.82 Å². The van der Waals surface area contributed by atoms with Gasteiger partial charge in [0.25, 0.3) is 0 Å². The molecule has 1 atom stereocenters. The number of anilines is 1. The Bertz CT molecular complexity index is 497. The Morgan fingerprint density at radius 3 is 2.81 bits per heavy atom. The van der Waals surface area contributed by atoms with Gasteiger partial charge >= 0.3 is 0 Å². The van der Waals surface area contributed by atoms with Crippen LogP contribution in [0.1, 0.15) is 16.5 Å². The van der Waals surface area contributed by atoms with Crippen molar-refractivity contribution in [1.29, 1.82) is 0 Å². The molecule has 3 N–H and O–H groups in total. The minimum Gasteiger partial charge on any atom is -0.383 e. The van der Waals surface area contributed by atoms with E-state index in [-0.39, 0.29) is 10.6 Å². The number of halogens is 2. The summed E-state index contributed by atoms with van der Waals surface area (Å²) < 4.78 is 13.5. The lowest BCUT2D eigenvalue weighted by molar-refractivity contribution is 0.218. The van der Waals surface area contributed by atoms with Crippen molar-refractivity contribution in [3.63, 3.8) is 0 Å². The Labute approximate surface area is 100 Å². The number of aliphatic hydroxyl groups excluding tert-OH is 1. The van der Waals surface area contributed by atoms with Gasteiger partial charge in [0.2, 0.25) is 0 Å². The normalized spacial score (nSPS) is 12.7. The molecule has 0 bridgehead atoms. The number of thiazole rings is 1. The third-order valence-corrected chi connectivity index (χ3v) is 3.29. The summed E-state index contributed by atoms with van der Waals surface area (Å²) >= 11 is 6.93. The second kappa shape index (κ2) is 4.37. The molecule has 0 radical (unpaired) electrons. The van der Waals surface area contributed by atoms with Gasteiger partial charge in [0.1, 0.15) is 11.9 Å². The summed E-state index contributed by atoms with van der Waals surface area (Å²) in [5, 5.41) is 10.5. The molecular weight excluding hydrogens is 251 g/mol. The monoisotopic (exact) mass is 258 g/mol. The van der Waals surface area contributed by atoms with E-state index in [0.29, 0.717) is 10.0 Å². The zero-order chi connectivity index (χ0) is 11.7. The minimum absolute atomic E-state index is 0.0489. The molecule has 1 aromatic carbocycles. The van der Waals surface area contributed by atoms with Gasteiger partial charge in [-0.15, -0.1) is 0 Å². The van der Waals surface area contributed by atoms with E-state index < -0.39 is 11.9 Å². The van der Waals surface area contributed by atoms with Crippen LogP contribution in [0.15, 0.2) is 24.4 Å². The topological polar surface area (TPSA) is 59.1 Å². The van der Waals surface area contributed by atoms with Crippen molar-refractivity contribution in [2.24, 2.45) is 0 Å². The van der Waals surface area contributed by atoms with Crippen LogP contribution in [0.3, 0.4) is 0 Å². The van der Waals surface area contributed by atoms with Crippen molar-refractivity contribution in [1.82, 2.24) is 4.98 Å². The number of nitrogens with zero attached hydrogens (tertiary/aromatic N) is 1. The molecule has 0 saturated heterocycles. The summed E-state index contributed by atoms with van der Waals surface area (Å²) in [4.78, 5) is 4.26. The summed E-state index contributed by atoms with van der Waals surface area (Å²) in [5.74, 6) is -0.549. The molecule has 1 aromatic heterocycles.